The highest BCUT2D eigenvalue weighted by Gasteiger charge is 2.41. The number of nitrogens with one attached hydrogen (secondary N) is 1. The summed E-state index contributed by atoms with van der Waals surface area (Å²) < 4.78 is 8.64. The molecule has 0 aliphatic heterocycles. The minimum Gasteiger partial charge on any atom is -0.390 e. The summed E-state index contributed by atoms with van der Waals surface area (Å²) in [6.45, 7) is 1.46. The van der Waals surface area contributed by atoms with Crippen molar-refractivity contribution in [2.24, 2.45) is 13.0 Å². The summed E-state index contributed by atoms with van der Waals surface area (Å²) in [5, 5.41) is 31.9. The first kappa shape index (κ1) is 17.0. The number of aliphatic hydroxyl groups excluding tert-OH is 2. The van der Waals surface area contributed by atoms with Gasteiger partial charge in [0.05, 0.1) is 31.6 Å². The van der Waals surface area contributed by atoms with Crippen molar-refractivity contribution < 1.29 is 14.9 Å². The van der Waals surface area contributed by atoms with Crippen LogP contribution in [0.15, 0.2) is 18.6 Å². The van der Waals surface area contributed by atoms with E-state index in [1.54, 1.807) is 24.2 Å². The molecular weight excluding hydrogens is 312 g/mol. The second kappa shape index (κ2) is 7.39. The number of ether oxygens (including phenoxy) is 1. The molecule has 3 rings (SSSR count). The number of rotatable bonds is 7. The zero-order chi connectivity index (χ0) is 17.1. The predicted octanol–water partition coefficient (Wildman–Crippen LogP) is -0.942. The van der Waals surface area contributed by atoms with E-state index in [9.17, 15) is 10.2 Å². The molecule has 0 aromatic carbocycles. The van der Waals surface area contributed by atoms with Crippen molar-refractivity contribution in [3.8, 4) is 0 Å². The van der Waals surface area contributed by atoms with Gasteiger partial charge in [-0.2, -0.15) is 0 Å². The van der Waals surface area contributed by atoms with Crippen LogP contribution >= 0.6 is 0 Å². The number of hydrogen-bond donors (Lipinski definition) is 3. The molecule has 1 aliphatic rings. The second-order valence-electron chi connectivity index (χ2n) is 6.28. The zero-order valence-electron chi connectivity index (χ0n) is 13.9. The summed E-state index contributed by atoms with van der Waals surface area (Å²) in [6, 6.07) is -0.177. The van der Waals surface area contributed by atoms with E-state index in [2.05, 4.69) is 20.6 Å². The highest BCUT2D eigenvalue weighted by molar-refractivity contribution is 4.98. The quantitative estimate of drug-likeness (QED) is 0.598. The van der Waals surface area contributed by atoms with Gasteiger partial charge in [-0.3, -0.25) is 4.68 Å². The average Bonchev–Trinajstić information content (AvgIpc) is 3.24. The molecule has 0 radical (unpaired) electrons. The largest absolute Gasteiger partial charge is 0.390 e. The molecule has 1 saturated carbocycles. The van der Waals surface area contributed by atoms with Gasteiger partial charge in [-0.25, -0.2) is 4.98 Å². The first-order valence-corrected chi connectivity index (χ1v) is 8.02. The lowest BCUT2D eigenvalue weighted by atomic mass is 10.1. The van der Waals surface area contributed by atoms with Gasteiger partial charge in [0.1, 0.15) is 11.5 Å². The fraction of sp³-hybridized carbons (Fsp3) is 0.667. The smallest absolute Gasteiger partial charge is 0.122 e. The van der Waals surface area contributed by atoms with Crippen LogP contribution in [0.3, 0.4) is 0 Å². The van der Waals surface area contributed by atoms with Gasteiger partial charge in [-0.05, 0) is 6.42 Å². The number of aryl methyl sites for hydroxylation is 1. The number of hydrogen-bond acceptors (Lipinski definition) is 7. The van der Waals surface area contributed by atoms with Crippen molar-refractivity contribution in [1.29, 1.82) is 0 Å². The predicted molar refractivity (Wildman–Crippen MR) is 84.7 cm³/mol. The molecular formula is C15H24N6O3. The Kier molecular flexibility index (Phi) is 5.24. The molecule has 1 aliphatic carbocycles. The first-order valence-electron chi connectivity index (χ1n) is 8.02. The fourth-order valence-corrected chi connectivity index (χ4v) is 3.18. The molecule has 3 N–H and O–H groups in total. The Balaban J connectivity index is 1.56. The maximum absolute atomic E-state index is 10.3. The maximum atomic E-state index is 10.3. The van der Waals surface area contributed by atoms with Crippen molar-refractivity contribution in [3.63, 3.8) is 0 Å². The standard InChI is InChI=1S/C15H24N6O3/c1-20-4-3-16-13(20)6-17-12-5-10(14(22)15(12)23)7-21-8-11(9-24-2)18-19-21/h3-4,8,10,12,14-15,17,22-23H,5-7,9H2,1-2H3/t10-,12-,14-,15+/m1/s1. The van der Waals surface area contributed by atoms with Gasteiger partial charge in [0.15, 0.2) is 0 Å². The average molecular weight is 336 g/mol. The van der Waals surface area contributed by atoms with Crippen LogP contribution in [-0.4, -0.2) is 60.1 Å². The Bertz CT molecular complexity index is 657. The van der Waals surface area contributed by atoms with Gasteiger partial charge < -0.3 is 24.8 Å². The summed E-state index contributed by atoms with van der Waals surface area (Å²) in [6.07, 6.45) is 4.48. The fourth-order valence-electron chi connectivity index (χ4n) is 3.18. The van der Waals surface area contributed by atoms with Crippen molar-refractivity contribution in [2.75, 3.05) is 7.11 Å². The molecule has 0 unspecified atom stereocenters. The molecule has 24 heavy (non-hydrogen) atoms. The van der Waals surface area contributed by atoms with E-state index in [4.69, 9.17) is 4.74 Å². The Morgan fingerprint density at radius 2 is 2.21 bits per heavy atom. The Hall–Kier alpha value is -1.81. The number of methoxy groups -OCH3 is 1. The van der Waals surface area contributed by atoms with Crippen molar-refractivity contribution in [1.82, 2.24) is 29.9 Å². The maximum Gasteiger partial charge on any atom is 0.122 e. The molecule has 4 atom stereocenters. The normalized spacial score (nSPS) is 27.0. The molecule has 0 amide bonds. The summed E-state index contributed by atoms with van der Waals surface area (Å²) in [5.74, 6) is 0.802. The van der Waals surface area contributed by atoms with Gasteiger partial charge in [0, 0.05) is 45.1 Å². The number of imidazole rings is 1. The number of aliphatic hydroxyl groups is 2. The third-order valence-corrected chi connectivity index (χ3v) is 4.55. The van der Waals surface area contributed by atoms with E-state index in [1.807, 2.05) is 17.8 Å². The summed E-state index contributed by atoms with van der Waals surface area (Å²) in [7, 11) is 3.53. The van der Waals surface area contributed by atoms with Crippen LogP contribution in [-0.2, 0) is 31.5 Å². The monoisotopic (exact) mass is 336 g/mol. The SMILES string of the molecule is COCc1cn(C[C@H]2C[C@@H](NCc3nccn3C)[C@H](O)[C@@H]2O)nn1. The van der Waals surface area contributed by atoms with E-state index < -0.39 is 12.2 Å². The lowest BCUT2D eigenvalue weighted by molar-refractivity contribution is 0.00713. The van der Waals surface area contributed by atoms with E-state index in [0.717, 1.165) is 11.5 Å². The van der Waals surface area contributed by atoms with Gasteiger partial charge in [-0.15, -0.1) is 5.10 Å². The van der Waals surface area contributed by atoms with Crippen molar-refractivity contribution in [2.45, 2.75) is 44.4 Å². The van der Waals surface area contributed by atoms with Crippen LogP contribution in [0.4, 0.5) is 0 Å². The molecule has 0 bridgehead atoms. The van der Waals surface area contributed by atoms with Gasteiger partial charge in [0.25, 0.3) is 0 Å². The molecule has 2 heterocycles. The van der Waals surface area contributed by atoms with Gasteiger partial charge in [-0.1, -0.05) is 5.21 Å². The van der Waals surface area contributed by atoms with Crippen LogP contribution in [0, 0.1) is 5.92 Å². The topological polar surface area (TPSA) is 110 Å². The Morgan fingerprint density at radius 1 is 1.38 bits per heavy atom. The van der Waals surface area contributed by atoms with Crippen LogP contribution in [0.1, 0.15) is 17.9 Å². The summed E-state index contributed by atoms with van der Waals surface area (Å²) >= 11 is 0. The van der Waals surface area contributed by atoms with Gasteiger partial charge >= 0.3 is 0 Å². The van der Waals surface area contributed by atoms with E-state index in [1.165, 1.54) is 0 Å². The highest BCUT2D eigenvalue weighted by atomic mass is 16.5. The summed E-state index contributed by atoms with van der Waals surface area (Å²) in [5.41, 5.74) is 0.745. The summed E-state index contributed by atoms with van der Waals surface area (Å²) in [4.78, 5) is 4.25. The molecule has 0 saturated heterocycles. The van der Waals surface area contributed by atoms with Gasteiger partial charge in [0.2, 0.25) is 0 Å². The third kappa shape index (κ3) is 3.64. The second-order valence-corrected chi connectivity index (χ2v) is 6.28. The molecule has 9 heteroatoms. The van der Waals surface area contributed by atoms with E-state index >= 15 is 0 Å². The molecule has 2 aromatic rings. The number of aromatic nitrogens is 5. The molecule has 1 fully saturated rings. The van der Waals surface area contributed by atoms with Crippen molar-refractivity contribution >= 4 is 0 Å². The lowest BCUT2D eigenvalue weighted by Gasteiger charge is -2.18. The zero-order valence-corrected chi connectivity index (χ0v) is 13.9. The van der Waals surface area contributed by atoms with Crippen LogP contribution < -0.4 is 5.32 Å². The minimum absolute atomic E-state index is 0.0871. The van der Waals surface area contributed by atoms with Crippen LogP contribution in [0.2, 0.25) is 0 Å². The highest BCUT2D eigenvalue weighted by Crippen LogP contribution is 2.28. The Labute approximate surface area is 140 Å². The van der Waals surface area contributed by atoms with Crippen LogP contribution in [0.5, 0.6) is 0 Å². The Morgan fingerprint density at radius 3 is 2.92 bits per heavy atom. The van der Waals surface area contributed by atoms with Crippen LogP contribution in [0.25, 0.3) is 0 Å². The lowest BCUT2D eigenvalue weighted by Crippen LogP contribution is -2.40. The van der Waals surface area contributed by atoms with Crippen molar-refractivity contribution in [3.05, 3.63) is 30.1 Å². The first-order chi connectivity index (χ1) is 11.6. The van der Waals surface area contributed by atoms with E-state index in [-0.39, 0.29) is 12.0 Å². The third-order valence-electron chi connectivity index (χ3n) is 4.55. The molecule has 9 nitrogen and oxygen atoms in total. The molecule has 0 spiro atoms. The minimum atomic E-state index is -0.808. The number of nitrogens with zero attached hydrogens (tertiary/aromatic N) is 5. The molecule has 2 aromatic heterocycles. The van der Waals surface area contributed by atoms with E-state index in [0.29, 0.717) is 26.1 Å². The molecule has 132 valence electrons.